The fourth-order valence-corrected chi connectivity index (χ4v) is 3.39. The highest BCUT2D eigenvalue weighted by atomic mass is 16.5. The fourth-order valence-electron chi connectivity index (χ4n) is 3.39. The number of aromatic nitrogens is 2. The van der Waals surface area contributed by atoms with Gasteiger partial charge in [0.15, 0.2) is 0 Å². The number of rotatable bonds is 9. The Balaban J connectivity index is 1.42. The number of ether oxygens (including phenoxy) is 2. The van der Waals surface area contributed by atoms with Crippen LogP contribution in [0.5, 0.6) is 0 Å². The van der Waals surface area contributed by atoms with Crippen LogP contribution >= 0.6 is 0 Å². The van der Waals surface area contributed by atoms with E-state index >= 15 is 0 Å². The van der Waals surface area contributed by atoms with Crippen molar-refractivity contribution in [1.82, 2.24) is 10.2 Å². The van der Waals surface area contributed by atoms with Crippen LogP contribution in [0, 0.1) is 6.92 Å². The Kier molecular flexibility index (Phi) is 6.87. The van der Waals surface area contributed by atoms with Crippen molar-refractivity contribution in [3.05, 3.63) is 83.9 Å². The molecule has 31 heavy (non-hydrogen) atoms. The third kappa shape index (κ3) is 5.26. The Morgan fingerprint density at radius 1 is 0.710 bits per heavy atom. The molecule has 0 atom stereocenters. The molecule has 0 spiro atoms. The Bertz CT molecular complexity index is 1100. The van der Waals surface area contributed by atoms with Crippen molar-refractivity contribution in [3.63, 3.8) is 0 Å². The molecular weight excluding hydrogens is 388 g/mol. The first-order valence-electron chi connectivity index (χ1n) is 10.4. The summed E-state index contributed by atoms with van der Waals surface area (Å²) in [5.41, 5.74) is 6.65. The Labute approximate surface area is 182 Å². The lowest BCUT2D eigenvalue weighted by Crippen LogP contribution is -2.04. The third-order valence-electron chi connectivity index (χ3n) is 5.18. The van der Waals surface area contributed by atoms with Gasteiger partial charge in [-0.1, -0.05) is 48.5 Å². The van der Waals surface area contributed by atoms with E-state index in [0.29, 0.717) is 31.6 Å². The van der Waals surface area contributed by atoms with Crippen molar-refractivity contribution in [3.8, 4) is 34.0 Å². The molecule has 0 aliphatic heterocycles. The highest BCUT2D eigenvalue weighted by Gasteiger charge is 2.11. The largest absolute Gasteiger partial charge is 0.416 e. The zero-order valence-electron chi connectivity index (χ0n) is 17.9. The Hall–Kier alpha value is -3.28. The summed E-state index contributed by atoms with van der Waals surface area (Å²) >= 11 is 0. The molecular formula is C26H26N2O3. The summed E-state index contributed by atoms with van der Waals surface area (Å²) < 4.78 is 16.4. The lowest BCUT2D eigenvalue weighted by Gasteiger charge is -2.06. The number of benzene rings is 3. The van der Waals surface area contributed by atoms with Gasteiger partial charge in [0.05, 0.1) is 19.8 Å². The molecule has 0 amide bonds. The number of methoxy groups -OCH3 is 1. The molecule has 1 heterocycles. The van der Waals surface area contributed by atoms with Crippen molar-refractivity contribution >= 4 is 0 Å². The second kappa shape index (κ2) is 10.2. The van der Waals surface area contributed by atoms with E-state index in [-0.39, 0.29) is 0 Å². The number of nitrogens with zero attached hydrogens (tertiary/aromatic N) is 2. The van der Waals surface area contributed by atoms with Gasteiger partial charge in [-0.3, -0.25) is 0 Å². The van der Waals surface area contributed by atoms with E-state index in [1.54, 1.807) is 7.11 Å². The minimum atomic E-state index is 0.515. The number of aryl methyl sites for hydroxylation is 1. The monoisotopic (exact) mass is 414 g/mol. The van der Waals surface area contributed by atoms with Gasteiger partial charge in [0, 0.05) is 18.2 Å². The predicted molar refractivity (Wildman–Crippen MR) is 122 cm³/mol. The molecule has 1 aromatic heterocycles. The first-order chi connectivity index (χ1) is 15.2. The highest BCUT2D eigenvalue weighted by molar-refractivity contribution is 5.70. The molecule has 4 rings (SSSR count). The van der Waals surface area contributed by atoms with Crippen LogP contribution in [0.25, 0.3) is 34.0 Å². The second-order valence-electron chi connectivity index (χ2n) is 7.36. The van der Waals surface area contributed by atoms with E-state index in [1.165, 1.54) is 22.3 Å². The van der Waals surface area contributed by atoms with Crippen LogP contribution in [0.15, 0.2) is 77.2 Å². The van der Waals surface area contributed by atoms with Gasteiger partial charge in [0.2, 0.25) is 11.8 Å². The molecule has 0 radical (unpaired) electrons. The van der Waals surface area contributed by atoms with Crippen molar-refractivity contribution < 1.29 is 13.9 Å². The van der Waals surface area contributed by atoms with Gasteiger partial charge in [0.1, 0.15) is 0 Å². The van der Waals surface area contributed by atoms with Crippen LogP contribution in [0.1, 0.15) is 11.1 Å². The summed E-state index contributed by atoms with van der Waals surface area (Å²) in [6.07, 6.45) is 0.853. The van der Waals surface area contributed by atoms with Crippen LogP contribution in [0.3, 0.4) is 0 Å². The second-order valence-corrected chi connectivity index (χ2v) is 7.36. The molecule has 3 aromatic carbocycles. The van der Waals surface area contributed by atoms with Crippen LogP contribution in [0.2, 0.25) is 0 Å². The van der Waals surface area contributed by atoms with Gasteiger partial charge in [0.25, 0.3) is 0 Å². The zero-order chi connectivity index (χ0) is 21.5. The smallest absolute Gasteiger partial charge is 0.248 e. The molecule has 158 valence electrons. The van der Waals surface area contributed by atoms with Gasteiger partial charge in [-0.25, -0.2) is 0 Å². The lowest BCUT2D eigenvalue weighted by atomic mass is 10.00. The van der Waals surface area contributed by atoms with E-state index in [9.17, 15) is 0 Å². The lowest BCUT2D eigenvalue weighted by molar-refractivity contribution is 0.0722. The van der Waals surface area contributed by atoms with Crippen molar-refractivity contribution in [2.75, 3.05) is 26.9 Å². The first-order valence-corrected chi connectivity index (χ1v) is 10.4. The summed E-state index contributed by atoms with van der Waals surface area (Å²) in [6.45, 7) is 4.03. The first kappa shape index (κ1) is 21.0. The maximum Gasteiger partial charge on any atom is 0.248 e. The van der Waals surface area contributed by atoms with Gasteiger partial charge in [-0.2, -0.15) is 0 Å². The van der Waals surface area contributed by atoms with Crippen LogP contribution in [-0.4, -0.2) is 37.1 Å². The maximum atomic E-state index is 5.93. The van der Waals surface area contributed by atoms with E-state index in [1.807, 2.05) is 24.3 Å². The number of hydrogen-bond donors (Lipinski definition) is 0. The molecule has 0 aliphatic carbocycles. The third-order valence-corrected chi connectivity index (χ3v) is 5.18. The van der Waals surface area contributed by atoms with Crippen molar-refractivity contribution in [2.45, 2.75) is 13.3 Å². The van der Waals surface area contributed by atoms with Crippen LogP contribution in [-0.2, 0) is 15.9 Å². The average Bonchev–Trinajstić information content (AvgIpc) is 3.30. The molecule has 0 aliphatic rings. The molecule has 0 saturated carbocycles. The zero-order valence-corrected chi connectivity index (χ0v) is 17.9. The standard InChI is InChI=1S/C26H26N2O3/c1-19-5-3-4-6-24(19)21-11-13-23(14-12-21)26-28-27-25(31-26)22-9-7-20(8-10-22)15-16-30-18-17-29-2/h3-14H,15-18H2,1-2H3. The van der Waals surface area contributed by atoms with Crippen molar-refractivity contribution in [1.29, 1.82) is 0 Å². The summed E-state index contributed by atoms with van der Waals surface area (Å²) in [7, 11) is 1.67. The molecule has 5 heteroatoms. The van der Waals surface area contributed by atoms with Gasteiger partial charge in [-0.15, -0.1) is 10.2 Å². The quantitative estimate of drug-likeness (QED) is 0.334. The van der Waals surface area contributed by atoms with E-state index in [4.69, 9.17) is 13.9 Å². The summed E-state index contributed by atoms with van der Waals surface area (Å²) in [6, 6.07) is 24.7. The predicted octanol–water partition coefficient (Wildman–Crippen LogP) is 5.58. The molecule has 4 aromatic rings. The fraction of sp³-hybridized carbons (Fsp3) is 0.231. The van der Waals surface area contributed by atoms with Crippen LogP contribution < -0.4 is 0 Å². The minimum Gasteiger partial charge on any atom is -0.416 e. The molecule has 0 unspecified atom stereocenters. The van der Waals surface area contributed by atoms with E-state index < -0.39 is 0 Å². The molecule has 0 bridgehead atoms. The topological polar surface area (TPSA) is 57.4 Å². The minimum absolute atomic E-state index is 0.515. The Morgan fingerprint density at radius 2 is 1.32 bits per heavy atom. The highest BCUT2D eigenvalue weighted by Crippen LogP contribution is 2.28. The summed E-state index contributed by atoms with van der Waals surface area (Å²) in [4.78, 5) is 0. The summed E-state index contributed by atoms with van der Waals surface area (Å²) in [5.74, 6) is 1.03. The number of hydrogen-bond acceptors (Lipinski definition) is 5. The normalized spacial score (nSPS) is 11.0. The summed E-state index contributed by atoms with van der Waals surface area (Å²) in [5, 5.41) is 8.46. The van der Waals surface area contributed by atoms with Gasteiger partial charge < -0.3 is 13.9 Å². The molecule has 0 N–H and O–H groups in total. The SMILES string of the molecule is COCCOCCc1ccc(-c2nnc(-c3ccc(-c4ccccc4C)cc3)o2)cc1. The van der Waals surface area contributed by atoms with E-state index in [2.05, 4.69) is 65.7 Å². The van der Waals surface area contributed by atoms with Crippen molar-refractivity contribution in [2.24, 2.45) is 0 Å². The van der Waals surface area contributed by atoms with Gasteiger partial charge >= 0.3 is 0 Å². The molecule has 0 saturated heterocycles. The molecule has 0 fully saturated rings. The van der Waals surface area contributed by atoms with Gasteiger partial charge in [-0.05, 0) is 59.9 Å². The maximum absolute atomic E-state index is 5.93. The average molecular weight is 415 g/mol. The molecule has 5 nitrogen and oxygen atoms in total. The van der Waals surface area contributed by atoms with E-state index in [0.717, 1.165) is 17.5 Å². The Morgan fingerprint density at radius 3 is 1.97 bits per heavy atom. The van der Waals surface area contributed by atoms with Crippen LogP contribution in [0.4, 0.5) is 0 Å².